The van der Waals surface area contributed by atoms with Gasteiger partial charge in [0.25, 0.3) is 0 Å². The van der Waals surface area contributed by atoms with E-state index in [4.69, 9.17) is 4.74 Å². The van der Waals surface area contributed by atoms with Gasteiger partial charge in [-0.2, -0.15) is 5.10 Å². The zero-order chi connectivity index (χ0) is 18.4. The average molecular weight is 358 g/mol. The Morgan fingerprint density at radius 1 is 1.31 bits per heavy atom. The van der Waals surface area contributed by atoms with E-state index in [-0.39, 0.29) is 24.0 Å². The van der Waals surface area contributed by atoms with Crippen LogP contribution in [0.4, 0.5) is 0 Å². The smallest absolute Gasteiger partial charge is 0.240 e. The van der Waals surface area contributed by atoms with Crippen molar-refractivity contribution in [2.24, 2.45) is 5.10 Å². The predicted molar refractivity (Wildman–Crippen MR) is 97.8 cm³/mol. The first kappa shape index (κ1) is 18.4. The van der Waals surface area contributed by atoms with E-state index in [9.17, 15) is 9.59 Å². The van der Waals surface area contributed by atoms with Gasteiger partial charge in [-0.25, -0.2) is 5.43 Å². The Morgan fingerprint density at radius 3 is 2.81 bits per heavy atom. The zero-order valence-corrected chi connectivity index (χ0v) is 15.2. The lowest BCUT2D eigenvalue weighted by atomic mass is 9.92. The molecule has 1 fully saturated rings. The molecule has 3 rings (SSSR count). The van der Waals surface area contributed by atoms with Crippen LogP contribution in [0.15, 0.2) is 23.4 Å². The van der Waals surface area contributed by atoms with Crippen molar-refractivity contribution in [2.45, 2.75) is 70.4 Å². The number of hydrogen-bond acceptors (Lipinski definition) is 5. The Kier molecular flexibility index (Phi) is 6.20. The van der Waals surface area contributed by atoms with Crippen LogP contribution in [0.25, 0.3) is 0 Å². The summed E-state index contributed by atoms with van der Waals surface area (Å²) in [5.74, 6) is 0.844. The molecule has 2 aliphatic rings. The molecule has 2 heterocycles. The summed E-state index contributed by atoms with van der Waals surface area (Å²) in [6.45, 7) is 1.95. The van der Waals surface area contributed by atoms with Crippen LogP contribution in [0, 0.1) is 6.92 Å². The van der Waals surface area contributed by atoms with Crippen LogP contribution in [0.3, 0.4) is 0 Å². The van der Waals surface area contributed by atoms with Crippen molar-refractivity contribution >= 4 is 17.5 Å². The molecule has 0 aromatic carbocycles. The number of aromatic nitrogens is 1. The van der Waals surface area contributed by atoms with E-state index in [1.165, 1.54) is 0 Å². The van der Waals surface area contributed by atoms with Crippen molar-refractivity contribution in [3.8, 4) is 5.75 Å². The summed E-state index contributed by atoms with van der Waals surface area (Å²) in [6.07, 6.45) is 7.78. The molecule has 1 saturated carbocycles. The highest BCUT2D eigenvalue weighted by molar-refractivity contribution is 5.94. The van der Waals surface area contributed by atoms with Gasteiger partial charge in [0.2, 0.25) is 11.8 Å². The fourth-order valence-electron chi connectivity index (χ4n) is 3.35. The molecule has 140 valence electrons. The second kappa shape index (κ2) is 8.78. The summed E-state index contributed by atoms with van der Waals surface area (Å²) < 4.78 is 6.05. The van der Waals surface area contributed by atoms with Gasteiger partial charge in [-0.3, -0.25) is 14.6 Å². The Hall–Kier alpha value is -2.44. The van der Waals surface area contributed by atoms with Crippen LogP contribution in [0.5, 0.6) is 5.75 Å². The Bertz CT molecular complexity index is 681. The van der Waals surface area contributed by atoms with E-state index >= 15 is 0 Å². The summed E-state index contributed by atoms with van der Waals surface area (Å²) >= 11 is 0. The zero-order valence-electron chi connectivity index (χ0n) is 15.2. The highest BCUT2D eigenvalue weighted by Gasteiger charge is 2.24. The van der Waals surface area contributed by atoms with Crippen LogP contribution < -0.4 is 15.5 Å². The number of pyridine rings is 1. The Labute approximate surface area is 153 Å². The molecule has 7 nitrogen and oxygen atoms in total. The van der Waals surface area contributed by atoms with Crippen molar-refractivity contribution in [1.82, 2.24) is 15.7 Å². The summed E-state index contributed by atoms with van der Waals surface area (Å²) in [7, 11) is 0. The third-order valence-electron chi connectivity index (χ3n) is 4.91. The van der Waals surface area contributed by atoms with Crippen LogP contribution >= 0.6 is 0 Å². The highest BCUT2D eigenvalue weighted by Crippen LogP contribution is 2.25. The van der Waals surface area contributed by atoms with Gasteiger partial charge in [0.15, 0.2) is 0 Å². The van der Waals surface area contributed by atoms with Gasteiger partial charge in [0.05, 0.1) is 11.8 Å². The molecule has 0 saturated heterocycles. The normalized spacial score (nSPS) is 23.0. The van der Waals surface area contributed by atoms with E-state index in [1.807, 2.05) is 19.1 Å². The molecule has 26 heavy (non-hydrogen) atoms. The molecule has 1 aromatic heterocycles. The maximum absolute atomic E-state index is 12.1. The largest absolute Gasteiger partial charge is 0.489 e. The third kappa shape index (κ3) is 5.28. The quantitative estimate of drug-likeness (QED) is 0.816. The van der Waals surface area contributed by atoms with E-state index in [0.29, 0.717) is 25.7 Å². The number of rotatable bonds is 6. The van der Waals surface area contributed by atoms with Gasteiger partial charge in [-0.15, -0.1) is 0 Å². The molecule has 2 amide bonds. The molecule has 1 aromatic rings. The fourth-order valence-corrected chi connectivity index (χ4v) is 3.35. The van der Waals surface area contributed by atoms with Crippen LogP contribution in [-0.2, 0) is 9.59 Å². The topological polar surface area (TPSA) is 92.7 Å². The maximum Gasteiger partial charge on any atom is 0.240 e. The summed E-state index contributed by atoms with van der Waals surface area (Å²) in [5.41, 5.74) is 4.26. The van der Waals surface area contributed by atoms with Crippen molar-refractivity contribution < 1.29 is 14.3 Å². The number of carbonyl (C=O) groups is 2. The van der Waals surface area contributed by atoms with Crippen molar-refractivity contribution in [3.05, 3.63) is 24.0 Å². The second-order valence-electron chi connectivity index (χ2n) is 6.96. The van der Waals surface area contributed by atoms with Gasteiger partial charge < -0.3 is 10.1 Å². The lowest BCUT2D eigenvalue weighted by Gasteiger charge is -2.29. The number of ether oxygens (including phenoxy) is 1. The number of hydrazone groups is 1. The molecule has 1 aliphatic carbocycles. The minimum atomic E-state index is -0.0568. The lowest BCUT2D eigenvalue weighted by molar-refractivity contribution is -0.122. The molecule has 2 N–H and O–H groups in total. The van der Waals surface area contributed by atoms with Crippen molar-refractivity contribution in [2.75, 3.05) is 0 Å². The van der Waals surface area contributed by atoms with E-state index < -0.39 is 0 Å². The van der Waals surface area contributed by atoms with Gasteiger partial charge in [0, 0.05) is 30.8 Å². The highest BCUT2D eigenvalue weighted by atomic mass is 16.5. The van der Waals surface area contributed by atoms with Crippen LogP contribution in [0.2, 0.25) is 0 Å². The number of carbonyl (C=O) groups excluding carboxylic acids is 2. The minimum Gasteiger partial charge on any atom is -0.489 e. The predicted octanol–water partition coefficient (Wildman–Crippen LogP) is 2.24. The first-order valence-electron chi connectivity index (χ1n) is 9.32. The van der Waals surface area contributed by atoms with E-state index in [1.54, 1.807) is 6.20 Å². The molecular formula is C19H26N4O3. The minimum absolute atomic E-state index is 0.0528. The fraction of sp³-hybridized carbons (Fsp3) is 0.579. The summed E-state index contributed by atoms with van der Waals surface area (Å²) in [4.78, 5) is 27.4. The molecule has 0 atom stereocenters. The van der Waals surface area contributed by atoms with Gasteiger partial charge in [-0.1, -0.05) is 0 Å². The summed E-state index contributed by atoms with van der Waals surface area (Å²) in [5, 5.41) is 7.12. The molecule has 0 bridgehead atoms. The van der Waals surface area contributed by atoms with E-state index in [0.717, 1.165) is 42.8 Å². The second-order valence-corrected chi connectivity index (χ2v) is 6.96. The molecule has 0 radical (unpaired) electrons. The van der Waals surface area contributed by atoms with Crippen molar-refractivity contribution in [3.63, 3.8) is 0 Å². The summed E-state index contributed by atoms with van der Waals surface area (Å²) in [6, 6.07) is 4.05. The number of nitrogens with zero attached hydrogens (tertiary/aromatic N) is 2. The van der Waals surface area contributed by atoms with E-state index in [2.05, 4.69) is 20.8 Å². The molecule has 0 unspecified atom stereocenters. The van der Waals surface area contributed by atoms with Crippen LogP contribution in [-0.4, -0.2) is 34.7 Å². The molecule has 1 aliphatic heterocycles. The number of amides is 2. The van der Waals surface area contributed by atoms with Gasteiger partial charge >= 0.3 is 0 Å². The van der Waals surface area contributed by atoms with Gasteiger partial charge in [-0.05, 0) is 57.6 Å². The maximum atomic E-state index is 12.1. The number of nitrogens with one attached hydrogen (secondary N) is 2. The Balaban J connectivity index is 1.36. The number of hydrogen-bond donors (Lipinski definition) is 2. The molecular weight excluding hydrogens is 332 g/mol. The van der Waals surface area contributed by atoms with Crippen molar-refractivity contribution in [1.29, 1.82) is 0 Å². The number of aryl methyl sites for hydroxylation is 1. The SMILES string of the molecule is Cc1ncccc1OC1CCC(NC(=O)CCC2=NNC(=O)CC2)CC1. The third-order valence-corrected chi connectivity index (χ3v) is 4.91. The Morgan fingerprint density at radius 2 is 2.12 bits per heavy atom. The first-order chi connectivity index (χ1) is 12.6. The monoisotopic (exact) mass is 358 g/mol. The average Bonchev–Trinajstić information content (AvgIpc) is 2.65. The molecule has 0 spiro atoms. The van der Waals surface area contributed by atoms with Crippen LogP contribution in [0.1, 0.15) is 57.1 Å². The first-order valence-corrected chi connectivity index (χ1v) is 9.32. The molecule has 7 heteroatoms. The van der Waals surface area contributed by atoms with Gasteiger partial charge in [0.1, 0.15) is 5.75 Å². The standard InChI is InChI=1S/C19H26N4O3/c1-13-17(3-2-12-20-13)26-16-8-4-14(5-9-16)21-18(24)10-6-15-7-11-19(25)23-22-15/h2-3,12,14,16H,4-11H2,1H3,(H,21,24)(H,23,25). The lowest BCUT2D eigenvalue weighted by Crippen LogP contribution is -2.40.